The van der Waals surface area contributed by atoms with Crippen LogP contribution in [-0.4, -0.2) is 0 Å². The van der Waals surface area contributed by atoms with E-state index in [-0.39, 0.29) is 0 Å². The molecule has 0 saturated heterocycles. The summed E-state index contributed by atoms with van der Waals surface area (Å²) in [6.45, 7) is 5.24. The molecular weight excluding hydrogens is 189 g/mol. The van der Waals surface area contributed by atoms with Crippen LogP contribution in [0.5, 0.6) is 0 Å². The summed E-state index contributed by atoms with van der Waals surface area (Å²) in [7, 11) is 0. The van der Waals surface area contributed by atoms with Crippen LogP contribution in [-0.2, 0) is 6.18 Å². The molecule has 0 aliphatic heterocycles. The van der Waals surface area contributed by atoms with Gasteiger partial charge in [-0.25, -0.2) is 0 Å². The van der Waals surface area contributed by atoms with Crippen LogP contribution in [0.15, 0.2) is 30.3 Å². The first-order valence-electron chi connectivity index (χ1n) is 4.09. The summed E-state index contributed by atoms with van der Waals surface area (Å²) in [4.78, 5) is 0. The molecule has 0 unspecified atom stereocenters. The van der Waals surface area contributed by atoms with Gasteiger partial charge in [0, 0.05) is 0 Å². The van der Waals surface area contributed by atoms with Crippen LogP contribution in [0.4, 0.5) is 13.2 Å². The predicted molar refractivity (Wildman–Crippen MR) is 50.5 cm³/mol. The Bertz CT molecular complexity index is 348. The molecule has 0 N–H and O–H groups in total. The molecule has 0 aliphatic carbocycles. The van der Waals surface area contributed by atoms with Crippen molar-refractivity contribution in [3.63, 3.8) is 0 Å². The van der Waals surface area contributed by atoms with Gasteiger partial charge in [0.2, 0.25) is 0 Å². The number of benzene rings is 1. The molecule has 1 aromatic rings. The van der Waals surface area contributed by atoms with Crippen LogP contribution in [0.1, 0.15) is 18.1 Å². The molecule has 1 radical (unpaired) electrons. The standard InChI is InChI=1S/C11H10F3/c1-3-8(2)9-5-4-6-10(7-9)11(12,13)14/h3-7H,1H2,2H3. The van der Waals surface area contributed by atoms with E-state index in [1.54, 1.807) is 13.0 Å². The molecule has 1 rings (SSSR count). The number of hydrogen-bond acceptors (Lipinski definition) is 0. The van der Waals surface area contributed by atoms with E-state index in [1.165, 1.54) is 12.1 Å². The van der Waals surface area contributed by atoms with Gasteiger partial charge in [0.1, 0.15) is 0 Å². The monoisotopic (exact) mass is 199 g/mol. The van der Waals surface area contributed by atoms with Gasteiger partial charge in [-0.1, -0.05) is 18.2 Å². The first-order chi connectivity index (χ1) is 6.45. The van der Waals surface area contributed by atoms with Crippen LogP contribution < -0.4 is 0 Å². The molecule has 0 aromatic heterocycles. The van der Waals surface area contributed by atoms with E-state index in [2.05, 4.69) is 6.92 Å². The van der Waals surface area contributed by atoms with Crippen molar-refractivity contribution in [3.05, 3.63) is 48.4 Å². The summed E-state index contributed by atoms with van der Waals surface area (Å²) in [5.74, 6) is 0. The lowest BCUT2D eigenvalue weighted by Gasteiger charge is -2.08. The summed E-state index contributed by atoms with van der Waals surface area (Å²) >= 11 is 0. The summed E-state index contributed by atoms with van der Waals surface area (Å²) in [6, 6.07) is 5.20. The van der Waals surface area contributed by atoms with Crippen LogP contribution in [0, 0.1) is 6.92 Å². The minimum atomic E-state index is -4.28. The van der Waals surface area contributed by atoms with Gasteiger partial charge in [0.15, 0.2) is 0 Å². The second kappa shape index (κ2) is 3.86. The second-order valence-corrected chi connectivity index (χ2v) is 2.97. The normalized spacial score (nSPS) is 13.1. The molecule has 0 saturated carbocycles. The average Bonchev–Trinajstić information content (AvgIpc) is 2.15. The molecule has 0 bridgehead atoms. The lowest BCUT2D eigenvalue weighted by atomic mass is 10.0. The number of alkyl halides is 3. The molecule has 0 amide bonds. The minimum absolute atomic E-state index is 0.551. The Balaban J connectivity index is 3.14. The molecule has 0 aliphatic rings. The van der Waals surface area contributed by atoms with Crippen molar-refractivity contribution in [3.8, 4) is 0 Å². The Morgan fingerprint density at radius 2 is 2.00 bits per heavy atom. The zero-order chi connectivity index (χ0) is 10.8. The van der Waals surface area contributed by atoms with Crippen molar-refractivity contribution in [1.29, 1.82) is 0 Å². The van der Waals surface area contributed by atoms with E-state index in [0.717, 1.165) is 17.7 Å². The molecule has 75 valence electrons. The first kappa shape index (κ1) is 10.8. The van der Waals surface area contributed by atoms with Crippen LogP contribution in [0.2, 0.25) is 0 Å². The Labute approximate surface area is 81.1 Å². The zero-order valence-corrected chi connectivity index (χ0v) is 7.73. The Hall–Kier alpha value is -1.25. The fraction of sp³-hybridized carbons (Fsp3) is 0.182. The minimum Gasteiger partial charge on any atom is -0.166 e. The van der Waals surface area contributed by atoms with E-state index in [4.69, 9.17) is 0 Å². The fourth-order valence-corrected chi connectivity index (χ4v) is 1.06. The highest BCUT2D eigenvalue weighted by Crippen LogP contribution is 2.30. The van der Waals surface area contributed by atoms with E-state index in [0.29, 0.717) is 5.56 Å². The van der Waals surface area contributed by atoms with Gasteiger partial charge in [0.05, 0.1) is 5.56 Å². The van der Waals surface area contributed by atoms with Crippen LogP contribution in [0.25, 0.3) is 5.57 Å². The van der Waals surface area contributed by atoms with Crippen LogP contribution in [0.3, 0.4) is 0 Å². The molecule has 0 fully saturated rings. The maximum absolute atomic E-state index is 12.3. The van der Waals surface area contributed by atoms with E-state index >= 15 is 0 Å². The molecule has 14 heavy (non-hydrogen) atoms. The van der Waals surface area contributed by atoms with E-state index in [1.807, 2.05) is 0 Å². The third kappa shape index (κ3) is 2.37. The number of halogens is 3. The maximum atomic E-state index is 12.3. The highest BCUT2D eigenvalue weighted by Gasteiger charge is 2.30. The molecule has 3 heteroatoms. The lowest BCUT2D eigenvalue weighted by Crippen LogP contribution is -2.04. The van der Waals surface area contributed by atoms with Crippen molar-refractivity contribution in [2.45, 2.75) is 13.1 Å². The third-order valence-corrected chi connectivity index (χ3v) is 1.95. The van der Waals surface area contributed by atoms with Gasteiger partial charge in [-0.15, -0.1) is 0 Å². The number of allylic oxidation sites excluding steroid dienone is 2. The second-order valence-electron chi connectivity index (χ2n) is 2.97. The Morgan fingerprint density at radius 3 is 2.50 bits per heavy atom. The van der Waals surface area contributed by atoms with Crippen LogP contribution >= 0.6 is 0 Å². The fourth-order valence-electron chi connectivity index (χ4n) is 1.06. The highest BCUT2D eigenvalue weighted by atomic mass is 19.4. The van der Waals surface area contributed by atoms with Crippen molar-refractivity contribution in [2.24, 2.45) is 0 Å². The number of hydrogen-bond donors (Lipinski definition) is 0. The maximum Gasteiger partial charge on any atom is 0.416 e. The SMILES string of the molecule is [CH2]C=C(C)c1cccc(C(F)(F)F)c1. The van der Waals surface area contributed by atoms with Gasteiger partial charge < -0.3 is 0 Å². The molecule has 0 heterocycles. The summed E-state index contributed by atoms with van der Waals surface area (Å²) < 4.78 is 36.9. The van der Waals surface area contributed by atoms with Gasteiger partial charge in [-0.2, -0.15) is 13.2 Å². The van der Waals surface area contributed by atoms with Crippen molar-refractivity contribution in [2.75, 3.05) is 0 Å². The summed E-state index contributed by atoms with van der Waals surface area (Å²) in [5, 5.41) is 0. The summed E-state index contributed by atoms with van der Waals surface area (Å²) in [6.07, 6.45) is -2.74. The largest absolute Gasteiger partial charge is 0.416 e. The summed E-state index contributed by atoms with van der Waals surface area (Å²) in [5.41, 5.74) is 0.655. The van der Waals surface area contributed by atoms with Crippen molar-refractivity contribution < 1.29 is 13.2 Å². The van der Waals surface area contributed by atoms with E-state index < -0.39 is 11.7 Å². The van der Waals surface area contributed by atoms with Gasteiger partial charge >= 0.3 is 6.18 Å². The smallest absolute Gasteiger partial charge is 0.166 e. The Kier molecular flexibility index (Phi) is 2.99. The van der Waals surface area contributed by atoms with Crippen molar-refractivity contribution >= 4 is 5.57 Å². The quantitative estimate of drug-likeness (QED) is 0.642. The molecular formula is C11H10F3. The van der Waals surface area contributed by atoms with Gasteiger partial charge in [0.25, 0.3) is 0 Å². The topological polar surface area (TPSA) is 0 Å². The lowest BCUT2D eigenvalue weighted by molar-refractivity contribution is -0.137. The molecule has 0 nitrogen and oxygen atoms in total. The van der Waals surface area contributed by atoms with Gasteiger partial charge in [-0.05, 0) is 37.1 Å². The van der Waals surface area contributed by atoms with E-state index in [9.17, 15) is 13.2 Å². The van der Waals surface area contributed by atoms with Gasteiger partial charge in [-0.3, -0.25) is 0 Å². The number of rotatable bonds is 1. The first-order valence-corrected chi connectivity index (χ1v) is 4.09. The molecule has 0 atom stereocenters. The average molecular weight is 199 g/mol. The van der Waals surface area contributed by atoms with Crippen molar-refractivity contribution in [1.82, 2.24) is 0 Å². The molecule has 0 spiro atoms. The zero-order valence-electron chi connectivity index (χ0n) is 7.73. The predicted octanol–water partition coefficient (Wildman–Crippen LogP) is 3.94. The highest BCUT2D eigenvalue weighted by molar-refractivity contribution is 5.64. The third-order valence-electron chi connectivity index (χ3n) is 1.95. The molecule has 1 aromatic carbocycles. The Morgan fingerprint density at radius 1 is 1.36 bits per heavy atom.